The number of hydrogen-bond acceptors (Lipinski definition) is 2. The van der Waals surface area contributed by atoms with Gasteiger partial charge >= 0.3 is 5.97 Å². The number of hydrogen-bond donors (Lipinski definition) is 0. The van der Waals surface area contributed by atoms with E-state index in [0.29, 0.717) is 5.75 Å². The van der Waals surface area contributed by atoms with Crippen molar-refractivity contribution in [3.05, 3.63) is 35.9 Å². The smallest absolute Gasteiger partial charge is 0.308 e. The predicted molar refractivity (Wildman–Crippen MR) is 52.6 cm³/mol. The molecule has 0 saturated heterocycles. The molecule has 0 saturated carbocycles. The van der Waals surface area contributed by atoms with E-state index in [1.807, 2.05) is 19.1 Å². The van der Waals surface area contributed by atoms with E-state index in [0.717, 1.165) is 11.1 Å². The summed E-state index contributed by atoms with van der Waals surface area (Å²) in [6.07, 6.45) is 1.72. The normalized spacial score (nSPS) is 9.38. The Morgan fingerprint density at radius 3 is 2.69 bits per heavy atom. The van der Waals surface area contributed by atoms with Gasteiger partial charge in [-0.05, 0) is 30.2 Å². The van der Waals surface area contributed by atoms with Crippen LogP contribution in [0.3, 0.4) is 0 Å². The van der Waals surface area contributed by atoms with E-state index in [2.05, 4.69) is 6.58 Å². The molecule has 0 bridgehead atoms. The van der Waals surface area contributed by atoms with E-state index in [1.54, 1.807) is 12.1 Å². The molecule has 0 aliphatic carbocycles. The van der Waals surface area contributed by atoms with Crippen molar-refractivity contribution in [1.29, 1.82) is 0 Å². The fourth-order valence-corrected chi connectivity index (χ4v) is 1.12. The fraction of sp³-hybridized carbons (Fsp3) is 0.182. The minimum atomic E-state index is -0.305. The number of rotatable bonds is 2. The molecule has 0 radical (unpaired) electrons. The molecule has 2 heteroatoms. The lowest BCUT2D eigenvalue weighted by Crippen LogP contribution is -2.01. The van der Waals surface area contributed by atoms with Gasteiger partial charge < -0.3 is 4.74 Å². The first-order valence-electron chi connectivity index (χ1n) is 4.04. The zero-order valence-corrected chi connectivity index (χ0v) is 7.83. The first kappa shape index (κ1) is 9.52. The number of benzene rings is 1. The van der Waals surface area contributed by atoms with E-state index in [1.165, 1.54) is 6.92 Å². The van der Waals surface area contributed by atoms with Gasteiger partial charge in [-0.25, -0.2) is 0 Å². The largest absolute Gasteiger partial charge is 0.427 e. The number of carbonyl (C=O) groups is 1. The Morgan fingerprint density at radius 2 is 2.15 bits per heavy atom. The zero-order chi connectivity index (χ0) is 9.84. The average Bonchev–Trinajstić information content (AvgIpc) is 2.01. The first-order chi connectivity index (χ1) is 6.11. The van der Waals surface area contributed by atoms with Crippen LogP contribution >= 0.6 is 0 Å². The molecule has 0 unspecified atom stereocenters. The molecule has 2 nitrogen and oxygen atoms in total. The molecule has 0 aliphatic rings. The lowest BCUT2D eigenvalue weighted by atomic mass is 10.1. The Bertz CT molecular complexity index is 340. The second-order valence-corrected chi connectivity index (χ2v) is 2.88. The molecule has 0 atom stereocenters. The molecule has 68 valence electrons. The highest BCUT2D eigenvalue weighted by Gasteiger charge is 1.99. The van der Waals surface area contributed by atoms with Crippen LogP contribution in [0.5, 0.6) is 5.75 Å². The van der Waals surface area contributed by atoms with Crippen molar-refractivity contribution < 1.29 is 9.53 Å². The Balaban J connectivity index is 3.01. The summed E-state index contributed by atoms with van der Waals surface area (Å²) in [6.45, 7) is 6.98. The monoisotopic (exact) mass is 176 g/mol. The summed E-state index contributed by atoms with van der Waals surface area (Å²) in [5.74, 6) is 0.267. The third kappa shape index (κ3) is 2.75. The van der Waals surface area contributed by atoms with Crippen LogP contribution in [0.15, 0.2) is 24.8 Å². The maximum absolute atomic E-state index is 10.7. The van der Waals surface area contributed by atoms with Crippen molar-refractivity contribution in [2.75, 3.05) is 0 Å². The van der Waals surface area contributed by atoms with Gasteiger partial charge in [-0.3, -0.25) is 4.79 Å². The van der Waals surface area contributed by atoms with Crippen LogP contribution in [0.25, 0.3) is 6.08 Å². The fourth-order valence-electron chi connectivity index (χ4n) is 1.12. The van der Waals surface area contributed by atoms with E-state index in [9.17, 15) is 4.79 Å². The van der Waals surface area contributed by atoms with Gasteiger partial charge in [-0.15, -0.1) is 0 Å². The number of ether oxygens (including phenoxy) is 1. The van der Waals surface area contributed by atoms with Crippen molar-refractivity contribution in [2.45, 2.75) is 13.8 Å². The van der Waals surface area contributed by atoms with Crippen LogP contribution in [0.2, 0.25) is 0 Å². The predicted octanol–water partition coefficient (Wildman–Crippen LogP) is 2.56. The Labute approximate surface area is 77.8 Å². The summed E-state index contributed by atoms with van der Waals surface area (Å²) in [5, 5.41) is 0. The van der Waals surface area contributed by atoms with Crippen LogP contribution in [-0.4, -0.2) is 5.97 Å². The summed E-state index contributed by atoms with van der Waals surface area (Å²) in [6, 6.07) is 5.57. The minimum absolute atomic E-state index is 0.305. The summed E-state index contributed by atoms with van der Waals surface area (Å²) < 4.78 is 4.95. The maximum Gasteiger partial charge on any atom is 0.308 e. The Kier molecular flexibility index (Phi) is 2.85. The second kappa shape index (κ2) is 3.90. The molecular weight excluding hydrogens is 164 g/mol. The molecule has 0 fully saturated rings. The van der Waals surface area contributed by atoms with Gasteiger partial charge in [0, 0.05) is 6.92 Å². The summed E-state index contributed by atoms with van der Waals surface area (Å²) in [5.41, 5.74) is 2.00. The Morgan fingerprint density at radius 1 is 1.46 bits per heavy atom. The lowest BCUT2D eigenvalue weighted by molar-refractivity contribution is -0.131. The molecule has 1 rings (SSSR count). The lowest BCUT2D eigenvalue weighted by Gasteiger charge is -2.03. The van der Waals surface area contributed by atoms with Gasteiger partial charge in [0.25, 0.3) is 0 Å². The number of esters is 1. The average molecular weight is 176 g/mol. The molecule has 0 aromatic heterocycles. The van der Waals surface area contributed by atoms with Gasteiger partial charge in [-0.2, -0.15) is 0 Å². The third-order valence-corrected chi connectivity index (χ3v) is 1.57. The highest BCUT2D eigenvalue weighted by molar-refractivity contribution is 5.69. The molecule has 0 heterocycles. The molecular formula is C11H12O2. The van der Waals surface area contributed by atoms with Crippen LogP contribution in [-0.2, 0) is 4.79 Å². The van der Waals surface area contributed by atoms with Crippen LogP contribution in [0, 0.1) is 6.92 Å². The van der Waals surface area contributed by atoms with Crippen LogP contribution < -0.4 is 4.74 Å². The van der Waals surface area contributed by atoms with Crippen molar-refractivity contribution in [1.82, 2.24) is 0 Å². The number of aryl methyl sites for hydroxylation is 1. The van der Waals surface area contributed by atoms with E-state index < -0.39 is 0 Å². The van der Waals surface area contributed by atoms with E-state index in [4.69, 9.17) is 4.74 Å². The van der Waals surface area contributed by atoms with Gasteiger partial charge in [0.15, 0.2) is 0 Å². The SMILES string of the molecule is C=Cc1cc(C)cc(OC(C)=O)c1. The van der Waals surface area contributed by atoms with Crippen molar-refractivity contribution in [2.24, 2.45) is 0 Å². The Hall–Kier alpha value is -1.57. The first-order valence-corrected chi connectivity index (χ1v) is 4.04. The van der Waals surface area contributed by atoms with Crippen LogP contribution in [0.1, 0.15) is 18.1 Å². The van der Waals surface area contributed by atoms with Crippen molar-refractivity contribution in [3.63, 3.8) is 0 Å². The van der Waals surface area contributed by atoms with Crippen LogP contribution in [0.4, 0.5) is 0 Å². The quantitative estimate of drug-likeness (QED) is 0.511. The summed E-state index contributed by atoms with van der Waals surface area (Å²) in [4.78, 5) is 10.7. The highest BCUT2D eigenvalue weighted by Crippen LogP contribution is 2.17. The third-order valence-electron chi connectivity index (χ3n) is 1.57. The van der Waals surface area contributed by atoms with Gasteiger partial charge in [0.05, 0.1) is 0 Å². The second-order valence-electron chi connectivity index (χ2n) is 2.88. The summed E-state index contributed by atoms with van der Waals surface area (Å²) in [7, 11) is 0. The summed E-state index contributed by atoms with van der Waals surface area (Å²) >= 11 is 0. The minimum Gasteiger partial charge on any atom is -0.427 e. The van der Waals surface area contributed by atoms with E-state index >= 15 is 0 Å². The molecule has 1 aromatic carbocycles. The van der Waals surface area contributed by atoms with Gasteiger partial charge in [0.1, 0.15) is 5.75 Å². The van der Waals surface area contributed by atoms with Crippen molar-refractivity contribution in [3.8, 4) is 5.75 Å². The highest BCUT2D eigenvalue weighted by atomic mass is 16.5. The topological polar surface area (TPSA) is 26.3 Å². The molecule has 0 aliphatic heterocycles. The van der Waals surface area contributed by atoms with Gasteiger partial charge in [-0.1, -0.05) is 18.7 Å². The molecule has 1 aromatic rings. The van der Waals surface area contributed by atoms with Gasteiger partial charge in [0.2, 0.25) is 0 Å². The standard InChI is InChI=1S/C11H12O2/c1-4-10-5-8(2)6-11(7-10)13-9(3)12/h4-7H,1H2,2-3H3. The number of carbonyl (C=O) groups excluding carboxylic acids is 1. The molecule has 0 amide bonds. The maximum atomic E-state index is 10.7. The van der Waals surface area contributed by atoms with Crippen molar-refractivity contribution >= 4 is 12.0 Å². The zero-order valence-electron chi connectivity index (χ0n) is 7.83. The molecule has 13 heavy (non-hydrogen) atoms. The molecule has 0 spiro atoms. The van der Waals surface area contributed by atoms with E-state index in [-0.39, 0.29) is 5.97 Å². The molecule has 0 N–H and O–H groups in total.